The number of sulfonamides is 1. The van der Waals surface area contributed by atoms with Gasteiger partial charge in [0.2, 0.25) is 0 Å². The van der Waals surface area contributed by atoms with Gasteiger partial charge in [0.15, 0.2) is 0 Å². The number of ether oxygens (including phenoxy) is 1. The summed E-state index contributed by atoms with van der Waals surface area (Å²) < 4.78 is 43.5. The molecule has 0 saturated heterocycles. The number of aromatic carboxylic acids is 1. The second-order valence-electron chi connectivity index (χ2n) is 6.44. The Morgan fingerprint density at radius 3 is 2.40 bits per heavy atom. The lowest BCUT2D eigenvalue weighted by Gasteiger charge is -2.10. The summed E-state index contributed by atoms with van der Waals surface area (Å²) in [5, 5.41) is 8.90. The molecule has 2 aromatic carbocycles. The lowest BCUT2D eigenvalue weighted by atomic mass is 10.2. The van der Waals surface area contributed by atoms with Crippen molar-refractivity contribution in [3.8, 4) is 5.75 Å². The highest BCUT2D eigenvalue weighted by Gasteiger charge is 2.20. The van der Waals surface area contributed by atoms with E-state index in [2.05, 4.69) is 6.92 Å². The van der Waals surface area contributed by atoms with Gasteiger partial charge in [0.25, 0.3) is 15.9 Å². The third-order valence-electron chi connectivity index (χ3n) is 4.16. The zero-order chi connectivity index (χ0) is 22.1. The van der Waals surface area contributed by atoms with Gasteiger partial charge in [0.1, 0.15) is 11.6 Å². The molecule has 162 valence electrons. The monoisotopic (exact) mass is 438 g/mol. The summed E-state index contributed by atoms with van der Waals surface area (Å²) in [5.74, 6) is -2.82. The maximum Gasteiger partial charge on any atom is 0.338 e. The summed E-state index contributed by atoms with van der Waals surface area (Å²) in [6.45, 7) is 2.69. The van der Waals surface area contributed by atoms with Crippen LogP contribution in [-0.2, 0) is 10.0 Å². The fourth-order valence-corrected chi connectivity index (χ4v) is 3.37. The maximum atomic E-state index is 13.4. The van der Waals surface area contributed by atoms with Gasteiger partial charge < -0.3 is 9.84 Å². The minimum Gasteiger partial charge on any atom is -0.494 e. The van der Waals surface area contributed by atoms with E-state index < -0.39 is 38.2 Å². The molecule has 0 saturated carbocycles. The van der Waals surface area contributed by atoms with Crippen molar-refractivity contribution in [2.45, 2.75) is 37.5 Å². The second-order valence-corrected chi connectivity index (χ2v) is 8.12. The van der Waals surface area contributed by atoms with Gasteiger partial charge in [-0.3, -0.25) is 10.2 Å². The molecule has 0 unspecified atom stereocenters. The molecule has 0 bridgehead atoms. The Bertz CT molecular complexity index is 993. The largest absolute Gasteiger partial charge is 0.494 e. The van der Waals surface area contributed by atoms with Crippen molar-refractivity contribution in [2.75, 3.05) is 6.61 Å². The van der Waals surface area contributed by atoms with Crippen molar-refractivity contribution in [1.29, 1.82) is 0 Å². The van der Waals surface area contributed by atoms with E-state index in [0.717, 1.165) is 37.8 Å². The molecule has 0 aliphatic rings. The summed E-state index contributed by atoms with van der Waals surface area (Å²) >= 11 is 0. The van der Waals surface area contributed by atoms with Crippen LogP contribution in [0.3, 0.4) is 0 Å². The van der Waals surface area contributed by atoms with Gasteiger partial charge in [0.05, 0.1) is 17.1 Å². The van der Waals surface area contributed by atoms with E-state index in [-0.39, 0.29) is 5.56 Å². The Hall–Kier alpha value is -2.98. The third kappa shape index (κ3) is 6.53. The van der Waals surface area contributed by atoms with Crippen LogP contribution in [0.1, 0.15) is 53.3 Å². The smallest absolute Gasteiger partial charge is 0.338 e. The molecule has 0 aliphatic heterocycles. The number of benzene rings is 2. The Morgan fingerprint density at radius 2 is 1.77 bits per heavy atom. The average Bonchev–Trinajstić information content (AvgIpc) is 2.72. The van der Waals surface area contributed by atoms with Gasteiger partial charge in [-0.15, -0.1) is 4.83 Å². The Labute approximate surface area is 174 Å². The van der Waals surface area contributed by atoms with E-state index in [4.69, 9.17) is 9.84 Å². The standard InChI is InChI=1S/C20H23FN2O6S/c1-2-3-4-5-12-29-15-8-6-14(7-9-15)19(24)22-23-30(27,28)16-10-11-18(21)17(13-16)20(25)26/h6-11,13,23H,2-5,12H2,1H3,(H,22,24)(H,25,26). The van der Waals surface area contributed by atoms with Crippen LogP contribution in [0.2, 0.25) is 0 Å². The van der Waals surface area contributed by atoms with E-state index in [1.165, 1.54) is 12.1 Å². The molecule has 10 heteroatoms. The highest BCUT2D eigenvalue weighted by atomic mass is 32.2. The number of carbonyl (C=O) groups is 2. The van der Waals surface area contributed by atoms with Gasteiger partial charge in [0, 0.05) is 5.56 Å². The van der Waals surface area contributed by atoms with Crippen LogP contribution in [0.15, 0.2) is 47.4 Å². The van der Waals surface area contributed by atoms with Crippen molar-refractivity contribution < 1.29 is 32.2 Å². The van der Waals surface area contributed by atoms with Gasteiger partial charge in [-0.25, -0.2) is 17.6 Å². The number of rotatable bonds is 11. The first-order valence-corrected chi connectivity index (χ1v) is 10.8. The number of nitrogens with one attached hydrogen (secondary N) is 2. The Balaban J connectivity index is 1.94. The first-order chi connectivity index (χ1) is 14.2. The topological polar surface area (TPSA) is 122 Å². The molecule has 3 N–H and O–H groups in total. The Morgan fingerprint density at radius 1 is 1.07 bits per heavy atom. The highest BCUT2D eigenvalue weighted by molar-refractivity contribution is 7.89. The van der Waals surface area contributed by atoms with E-state index in [1.54, 1.807) is 12.1 Å². The SMILES string of the molecule is CCCCCCOc1ccc(C(=O)NNS(=O)(=O)c2ccc(F)c(C(=O)O)c2)cc1. The van der Waals surface area contributed by atoms with E-state index in [1.807, 2.05) is 10.3 Å². The molecule has 0 aromatic heterocycles. The number of halogens is 1. The number of hydrazine groups is 1. The van der Waals surface area contributed by atoms with Crippen LogP contribution in [-0.4, -0.2) is 32.0 Å². The van der Waals surface area contributed by atoms with Crippen LogP contribution >= 0.6 is 0 Å². The summed E-state index contributed by atoms with van der Waals surface area (Å²) in [7, 11) is -4.30. The summed E-state index contributed by atoms with van der Waals surface area (Å²) in [6.07, 6.45) is 4.30. The van der Waals surface area contributed by atoms with Crippen LogP contribution in [0, 0.1) is 5.82 Å². The normalized spacial score (nSPS) is 11.1. The number of amides is 1. The van der Waals surface area contributed by atoms with Gasteiger partial charge in [-0.05, 0) is 48.9 Å². The fourth-order valence-electron chi connectivity index (χ4n) is 2.50. The zero-order valence-corrected chi connectivity index (χ0v) is 17.2. The van der Waals surface area contributed by atoms with Gasteiger partial charge in [-0.2, -0.15) is 0 Å². The maximum absolute atomic E-state index is 13.4. The number of unbranched alkanes of at least 4 members (excludes halogenated alkanes) is 3. The van der Waals surface area contributed by atoms with Crippen molar-refractivity contribution >= 4 is 21.9 Å². The minimum atomic E-state index is -4.30. The third-order valence-corrected chi connectivity index (χ3v) is 5.41. The second kappa shape index (κ2) is 10.7. The lowest BCUT2D eigenvalue weighted by Crippen LogP contribution is -2.41. The lowest BCUT2D eigenvalue weighted by molar-refractivity contribution is 0.0691. The molecular weight excluding hydrogens is 415 g/mol. The molecule has 2 rings (SSSR count). The van der Waals surface area contributed by atoms with E-state index in [9.17, 15) is 22.4 Å². The highest BCUT2D eigenvalue weighted by Crippen LogP contribution is 2.16. The molecule has 1 amide bonds. The molecule has 0 aliphatic carbocycles. The van der Waals surface area contributed by atoms with Crippen LogP contribution < -0.4 is 15.0 Å². The fraction of sp³-hybridized carbons (Fsp3) is 0.300. The average molecular weight is 438 g/mol. The minimum absolute atomic E-state index is 0.182. The van der Waals surface area contributed by atoms with E-state index >= 15 is 0 Å². The van der Waals surface area contributed by atoms with Crippen molar-refractivity contribution in [3.63, 3.8) is 0 Å². The molecule has 0 radical (unpaired) electrons. The molecule has 8 nitrogen and oxygen atoms in total. The first kappa shape index (κ1) is 23.3. The predicted molar refractivity (Wildman–Crippen MR) is 107 cm³/mol. The van der Waals surface area contributed by atoms with Crippen molar-refractivity contribution in [1.82, 2.24) is 10.3 Å². The van der Waals surface area contributed by atoms with E-state index in [0.29, 0.717) is 18.4 Å². The van der Waals surface area contributed by atoms with Crippen LogP contribution in [0.5, 0.6) is 5.75 Å². The summed E-state index contributed by atoms with van der Waals surface area (Å²) in [4.78, 5) is 24.5. The van der Waals surface area contributed by atoms with Gasteiger partial charge >= 0.3 is 5.97 Å². The molecule has 30 heavy (non-hydrogen) atoms. The molecular formula is C20H23FN2O6S. The summed E-state index contributed by atoms with van der Waals surface area (Å²) in [6, 6.07) is 8.43. The number of hydrogen-bond acceptors (Lipinski definition) is 5. The van der Waals surface area contributed by atoms with Crippen molar-refractivity contribution in [2.24, 2.45) is 0 Å². The van der Waals surface area contributed by atoms with Gasteiger partial charge in [-0.1, -0.05) is 26.2 Å². The van der Waals surface area contributed by atoms with Crippen LogP contribution in [0.4, 0.5) is 4.39 Å². The number of carbonyl (C=O) groups excluding carboxylic acids is 1. The first-order valence-electron chi connectivity index (χ1n) is 9.32. The molecule has 0 fully saturated rings. The molecule has 0 heterocycles. The number of hydrogen-bond donors (Lipinski definition) is 3. The number of carboxylic acid groups (broad SMARTS) is 1. The summed E-state index contributed by atoms with van der Waals surface area (Å²) in [5.41, 5.74) is 1.41. The zero-order valence-electron chi connectivity index (χ0n) is 16.4. The quantitative estimate of drug-likeness (QED) is 0.366. The molecule has 0 atom stereocenters. The Kier molecular flexibility index (Phi) is 8.31. The van der Waals surface area contributed by atoms with Crippen molar-refractivity contribution in [3.05, 3.63) is 59.4 Å². The number of carboxylic acids is 1. The molecule has 2 aromatic rings. The van der Waals surface area contributed by atoms with Crippen LogP contribution in [0.25, 0.3) is 0 Å². The predicted octanol–water partition coefficient (Wildman–Crippen LogP) is 3.11. The molecule has 0 spiro atoms.